The third kappa shape index (κ3) is 4.08. The molecular formula is C21H31FO. The molecule has 3 rings (SSSR count). The third-order valence-corrected chi connectivity index (χ3v) is 6.47. The van der Waals surface area contributed by atoms with Gasteiger partial charge in [-0.05, 0) is 79.9 Å². The first-order chi connectivity index (χ1) is 11.2. The Morgan fingerprint density at radius 1 is 0.957 bits per heavy atom. The number of phenols is 1. The van der Waals surface area contributed by atoms with Crippen LogP contribution in [0.1, 0.15) is 82.6 Å². The van der Waals surface area contributed by atoms with E-state index in [1.165, 1.54) is 76.3 Å². The van der Waals surface area contributed by atoms with Gasteiger partial charge in [0.1, 0.15) is 0 Å². The van der Waals surface area contributed by atoms with Crippen LogP contribution in [0.5, 0.6) is 5.75 Å². The molecule has 0 bridgehead atoms. The molecule has 1 nitrogen and oxygen atoms in total. The summed E-state index contributed by atoms with van der Waals surface area (Å²) in [5, 5.41) is 9.34. The first-order valence-corrected chi connectivity index (χ1v) is 9.65. The number of hydrogen-bond donors (Lipinski definition) is 1. The van der Waals surface area contributed by atoms with Crippen LogP contribution in [0.15, 0.2) is 18.2 Å². The molecule has 1 aromatic carbocycles. The van der Waals surface area contributed by atoms with E-state index in [9.17, 15) is 9.50 Å². The van der Waals surface area contributed by atoms with E-state index in [0.29, 0.717) is 5.92 Å². The molecule has 0 atom stereocenters. The molecule has 0 amide bonds. The van der Waals surface area contributed by atoms with Crippen molar-refractivity contribution in [1.82, 2.24) is 0 Å². The summed E-state index contributed by atoms with van der Waals surface area (Å²) in [7, 11) is 0. The standard InChI is InChI=1S/C21H31FO/c1-2-3-15-4-6-16(7-5-15)17-8-10-18(11-9-17)19-12-13-21(23)20(22)14-19/h12-18,23H,2-11H2,1H3. The number of rotatable bonds is 4. The van der Waals surface area contributed by atoms with Gasteiger partial charge in [0.2, 0.25) is 0 Å². The molecule has 0 heterocycles. The Bertz CT molecular complexity index is 497. The summed E-state index contributed by atoms with van der Waals surface area (Å²) >= 11 is 0. The molecule has 0 radical (unpaired) electrons. The monoisotopic (exact) mass is 318 g/mol. The smallest absolute Gasteiger partial charge is 0.165 e. The number of benzene rings is 1. The zero-order chi connectivity index (χ0) is 16.2. The average molecular weight is 318 g/mol. The fourth-order valence-electron chi connectivity index (χ4n) is 5.06. The minimum Gasteiger partial charge on any atom is -0.505 e. The highest BCUT2D eigenvalue weighted by molar-refractivity contribution is 5.30. The van der Waals surface area contributed by atoms with E-state index in [4.69, 9.17) is 0 Å². The van der Waals surface area contributed by atoms with Crippen LogP contribution in [0.3, 0.4) is 0 Å². The van der Waals surface area contributed by atoms with Crippen LogP contribution in [-0.2, 0) is 0 Å². The number of halogens is 1. The lowest BCUT2D eigenvalue weighted by Gasteiger charge is -2.38. The summed E-state index contributed by atoms with van der Waals surface area (Å²) in [5.74, 6) is 2.62. The van der Waals surface area contributed by atoms with Crippen molar-refractivity contribution in [2.75, 3.05) is 0 Å². The first kappa shape index (κ1) is 16.8. The summed E-state index contributed by atoms with van der Waals surface area (Å²) in [6.07, 6.45) is 13.5. The first-order valence-electron chi connectivity index (χ1n) is 9.65. The maximum Gasteiger partial charge on any atom is 0.165 e. The highest BCUT2D eigenvalue weighted by Crippen LogP contribution is 2.44. The predicted octanol–water partition coefficient (Wildman–Crippen LogP) is 6.41. The summed E-state index contributed by atoms with van der Waals surface area (Å²) < 4.78 is 13.6. The largest absolute Gasteiger partial charge is 0.505 e. The van der Waals surface area contributed by atoms with E-state index in [-0.39, 0.29) is 5.75 Å². The Labute approximate surface area is 140 Å². The van der Waals surface area contributed by atoms with Crippen molar-refractivity contribution >= 4 is 0 Å². The van der Waals surface area contributed by atoms with Crippen molar-refractivity contribution in [2.24, 2.45) is 17.8 Å². The summed E-state index contributed by atoms with van der Waals surface area (Å²) in [4.78, 5) is 0. The van der Waals surface area contributed by atoms with E-state index in [1.54, 1.807) is 0 Å². The molecule has 128 valence electrons. The van der Waals surface area contributed by atoms with Crippen molar-refractivity contribution in [1.29, 1.82) is 0 Å². The Hall–Kier alpha value is -1.05. The van der Waals surface area contributed by atoms with Crippen molar-refractivity contribution in [2.45, 2.75) is 77.0 Å². The summed E-state index contributed by atoms with van der Waals surface area (Å²) in [6, 6.07) is 4.95. The fraction of sp³-hybridized carbons (Fsp3) is 0.714. The SMILES string of the molecule is CCCC1CCC(C2CCC(c3ccc(O)c(F)c3)CC2)CC1. The van der Waals surface area contributed by atoms with Gasteiger partial charge in [-0.15, -0.1) is 0 Å². The number of aromatic hydroxyl groups is 1. The van der Waals surface area contributed by atoms with Crippen molar-refractivity contribution in [3.8, 4) is 5.75 Å². The Morgan fingerprint density at radius 3 is 2.13 bits per heavy atom. The molecule has 0 saturated heterocycles. The molecule has 2 saturated carbocycles. The van der Waals surface area contributed by atoms with Crippen LogP contribution in [-0.4, -0.2) is 5.11 Å². The zero-order valence-electron chi connectivity index (χ0n) is 14.4. The number of hydrogen-bond acceptors (Lipinski definition) is 1. The van der Waals surface area contributed by atoms with Crippen molar-refractivity contribution < 1.29 is 9.50 Å². The van der Waals surface area contributed by atoms with Crippen LogP contribution in [0.2, 0.25) is 0 Å². The van der Waals surface area contributed by atoms with Crippen molar-refractivity contribution in [3.63, 3.8) is 0 Å². The molecule has 0 unspecified atom stereocenters. The second-order valence-corrected chi connectivity index (χ2v) is 7.89. The van der Waals surface area contributed by atoms with Gasteiger partial charge in [-0.25, -0.2) is 4.39 Å². The van der Waals surface area contributed by atoms with Gasteiger partial charge in [-0.2, -0.15) is 0 Å². The van der Waals surface area contributed by atoms with Crippen LogP contribution < -0.4 is 0 Å². The van der Waals surface area contributed by atoms with Gasteiger partial charge >= 0.3 is 0 Å². The second-order valence-electron chi connectivity index (χ2n) is 7.89. The zero-order valence-corrected chi connectivity index (χ0v) is 14.4. The molecule has 2 aliphatic carbocycles. The molecule has 1 aromatic rings. The molecule has 0 aromatic heterocycles. The molecule has 23 heavy (non-hydrogen) atoms. The van der Waals surface area contributed by atoms with Gasteiger partial charge in [0, 0.05) is 0 Å². The van der Waals surface area contributed by atoms with Gasteiger partial charge < -0.3 is 5.11 Å². The van der Waals surface area contributed by atoms with Gasteiger partial charge in [0.15, 0.2) is 11.6 Å². The van der Waals surface area contributed by atoms with Crippen LogP contribution in [0.4, 0.5) is 4.39 Å². The van der Waals surface area contributed by atoms with Gasteiger partial charge in [0.05, 0.1) is 0 Å². The molecular weight excluding hydrogens is 287 g/mol. The highest BCUT2D eigenvalue weighted by atomic mass is 19.1. The van der Waals surface area contributed by atoms with Gasteiger partial charge in [-0.1, -0.05) is 38.7 Å². The normalized spacial score (nSPS) is 31.9. The molecule has 0 spiro atoms. The van der Waals surface area contributed by atoms with Crippen LogP contribution in [0, 0.1) is 23.6 Å². The van der Waals surface area contributed by atoms with Crippen molar-refractivity contribution in [3.05, 3.63) is 29.6 Å². The van der Waals surface area contributed by atoms with E-state index < -0.39 is 5.82 Å². The second kappa shape index (κ2) is 7.68. The lowest BCUT2D eigenvalue weighted by Crippen LogP contribution is -2.25. The Morgan fingerprint density at radius 2 is 1.57 bits per heavy atom. The Balaban J connectivity index is 1.50. The maximum absolute atomic E-state index is 13.6. The molecule has 2 fully saturated rings. The van der Waals surface area contributed by atoms with Crippen LogP contribution >= 0.6 is 0 Å². The van der Waals surface area contributed by atoms with E-state index >= 15 is 0 Å². The molecule has 2 heteroatoms. The lowest BCUT2D eigenvalue weighted by molar-refractivity contribution is 0.156. The maximum atomic E-state index is 13.6. The Kier molecular flexibility index (Phi) is 5.61. The topological polar surface area (TPSA) is 20.2 Å². The fourth-order valence-corrected chi connectivity index (χ4v) is 5.06. The van der Waals surface area contributed by atoms with E-state index in [0.717, 1.165) is 23.3 Å². The minimum atomic E-state index is -0.473. The minimum absolute atomic E-state index is 0.230. The quantitative estimate of drug-likeness (QED) is 0.680. The molecule has 1 N–H and O–H groups in total. The third-order valence-electron chi connectivity index (χ3n) is 6.47. The summed E-state index contributed by atoms with van der Waals surface area (Å²) in [5.41, 5.74) is 1.07. The van der Waals surface area contributed by atoms with Crippen LogP contribution in [0.25, 0.3) is 0 Å². The molecule has 0 aliphatic heterocycles. The highest BCUT2D eigenvalue weighted by Gasteiger charge is 2.31. The van der Waals surface area contributed by atoms with Gasteiger partial charge in [-0.3, -0.25) is 0 Å². The molecule has 2 aliphatic rings. The number of phenolic OH excluding ortho intramolecular Hbond substituents is 1. The van der Waals surface area contributed by atoms with Gasteiger partial charge in [0.25, 0.3) is 0 Å². The average Bonchev–Trinajstić information content (AvgIpc) is 2.59. The summed E-state index contributed by atoms with van der Waals surface area (Å²) in [6.45, 7) is 2.31. The van der Waals surface area contributed by atoms with E-state index in [1.807, 2.05) is 6.07 Å². The lowest BCUT2D eigenvalue weighted by atomic mass is 9.68. The van der Waals surface area contributed by atoms with E-state index in [2.05, 4.69) is 6.92 Å². The predicted molar refractivity (Wildman–Crippen MR) is 93.1 cm³/mol.